The molecule has 182 valence electrons. The Morgan fingerprint density at radius 1 is 1.09 bits per heavy atom. The van der Waals surface area contributed by atoms with Crippen LogP contribution < -0.4 is 5.73 Å². The van der Waals surface area contributed by atoms with Crippen LogP contribution in [0.3, 0.4) is 0 Å². The van der Waals surface area contributed by atoms with Gasteiger partial charge in [-0.1, -0.05) is 13.8 Å². The molecular formula is C21H23F2N5O5S. The second kappa shape index (κ2) is 8.80. The van der Waals surface area contributed by atoms with Crippen LogP contribution in [0.4, 0.5) is 8.78 Å². The summed E-state index contributed by atoms with van der Waals surface area (Å²) in [6.07, 6.45) is 1.38. The Kier molecular flexibility index (Phi) is 6.16. The van der Waals surface area contributed by atoms with Gasteiger partial charge in [-0.3, -0.25) is 9.59 Å². The molecular weight excluding hydrogens is 472 g/mol. The first-order chi connectivity index (χ1) is 16.0. The molecule has 2 amide bonds. The number of furan rings is 1. The maximum Gasteiger partial charge on any atom is 0.284 e. The van der Waals surface area contributed by atoms with Crippen LogP contribution in [0.1, 0.15) is 30.4 Å². The van der Waals surface area contributed by atoms with E-state index in [2.05, 4.69) is 4.98 Å². The van der Waals surface area contributed by atoms with Crippen molar-refractivity contribution in [2.45, 2.75) is 25.0 Å². The van der Waals surface area contributed by atoms with E-state index in [-0.39, 0.29) is 54.8 Å². The highest BCUT2D eigenvalue weighted by Gasteiger charge is 2.36. The summed E-state index contributed by atoms with van der Waals surface area (Å²) in [5, 5.41) is -0.403. The summed E-state index contributed by atoms with van der Waals surface area (Å²) in [5.74, 6) is -3.72. The van der Waals surface area contributed by atoms with Gasteiger partial charge < -0.3 is 19.6 Å². The van der Waals surface area contributed by atoms with Crippen LogP contribution in [0.5, 0.6) is 0 Å². The molecule has 0 spiro atoms. The molecule has 1 aliphatic rings. The van der Waals surface area contributed by atoms with Crippen LogP contribution in [0.25, 0.3) is 11.0 Å². The van der Waals surface area contributed by atoms with Gasteiger partial charge in [0.25, 0.3) is 15.9 Å². The molecule has 1 saturated heterocycles. The quantitative estimate of drug-likeness (QED) is 0.554. The Bertz CT molecular complexity index is 1360. The minimum Gasteiger partial charge on any atom is -0.438 e. The fourth-order valence-electron chi connectivity index (χ4n) is 4.02. The zero-order valence-corrected chi connectivity index (χ0v) is 19.3. The van der Waals surface area contributed by atoms with E-state index < -0.39 is 38.7 Å². The molecule has 34 heavy (non-hydrogen) atoms. The van der Waals surface area contributed by atoms with Gasteiger partial charge in [0.1, 0.15) is 6.04 Å². The van der Waals surface area contributed by atoms with Crippen molar-refractivity contribution < 1.29 is 31.2 Å². The highest BCUT2D eigenvalue weighted by molar-refractivity contribution is 7.89. The van der Waals surface area contributed by atoms with Gasteiger partial charge in [0, 0.05) is 38.3 Å². The summed E-state index contributed by atoms with van der Waals surface area (Å²) in [4.78, 5) is 30.2. The Hall–Kier alpha value is -3.32. The molecule has 10 nitrogen and oxygen atoms in total. The van der Waals surface area contributed by atoms with Gasteiger partial charge in [-0.2, -0.15) is 4.31 Å². The van der Waals surface area contributed by atoms with Gasteiger partial charge in [-0.05, 0) is 18.1 Å². The third kappa shape index (κ3) is 4.16. The Labute approximate surface area is 194 Å². The van der Waals surface area contributed by atoms with E-state index >= 15 is 0 Å². The maximum atomic E-state index is 13.9. The average molecular weight is 496 g/mol. The summed E-state index contributed by atoms with van der Waals surface area (Å²) in [6.45, 7) is 3.89. The Balaban J connectivity index is 1.52. The molecule has 3 heterocycles. The predicted molar refractivity (Wildman–Crippen MR) is 116 cm³/mol. The van der Waals surface area contributed by atoms with Crippen LogP contribution in [0, 0.1) is 17.6 Å². The monoisotopic (exact) mass is 495 g/mol. The standard InChI is InChI=1S/C21H23F2N5O5S/c1-12(2)19(28-11-25-15-9-13(22)14(23)10-16(15)28)21(30)26-5-7-27(8-6-26)34(31,32)18-4-3-17(33-18)20(24)29/h3-4,9-12,19H,5-8H2,1-2H3,(H2,24,29). The van der Waals surface area contributed by atoms with Gasteiger partial charge in [0.15, 0.2) is 17.4 Å². The summed E-state index contributed by atoms with van der Waals surface area (Å²) < 4.78 is 60.8. The molecule has 1 unspecified atom stereocenters. The predicted octanol–water partition coefficient (Wildman–Crippen LogP) is 1.74. The number of piperazine rings is 1. The van der Waals surface area contributed by atoms with Crippen molar-refractivity contribution in [3.8, 4) is 0 Å². The minimum absolute atomic E-state index is 0.00993. The maximum absolute atomic E-state index is 13.9. The normalized spacial score (nSPS) is 16.3. The lowest BCUT2D eigenvalue weighted by Gasteiger charge is -2.36. The van der Waals surface area contributed by atoms with E-state index in [1.807, 2.05) is 13.8 Å². The molecule has 0 aliphatic carbocycles. The molecule has 0 saturated carbocycles. The van der Waals surface area contributed by atoms with Crippen LogP contribution in [0.2, 0.25) is 0 Å². The number of carbonyl (C=O) groups is 2. The minimum atomic E-state index is -4.01. The number of imidazole rings is 1. The van der Waals surface area contributed by atoms with Crippen molar-refractivity contribution >= 4 is 32.9 Å². The first-order valence-corrected chi connectivity index (χ1v) is 11.9. The molecule has 1 atom stereocenters. The van der Waals surface area contributed by atoms with Crippen molar-refractivity contribution in [1.29, 1.82) is 0 Å². The molecule has 2 N–H and O–H groups in total. The topological polar surface area (TPSA) is 132 Å². The number of hydrogen-bond donors (Lipinski definition) is 1. The molecule has 2 aromatic heterocycles. The molecule has 13 heteroatoms. The second-order valence-corrected chi connectivity index (χ2v) is 10.2. The summed E-state index contributed by atoms with van der Waals surface area (Å²) in [6, 6.07) is 3.58. The molecule has 0 radical (unpaired) electrons. The van der Waals surface area contributed by atoms with E-state index in [1.165, 1.54) is 21.9 Å². The van der Waals surface area contributed by atoms with Crippen LogP contribution in [-0.4, -0.2) is 65.2 Å². The van der Waals surface area contributed by atoms with Gasteiger partial charge in [0.05, 0.1) is 17.4 Å². The number of rotatable bonds is 6. The van der Waals surface area contributed by atoms with E-state index in [9.17, 15) is 26.8 Å². The van der Waals surface area contributed by atoms with Crippen molar-refractivity contribution in [2.75, 3.05) is 26.2 Å². The van der Waals surface area contributed by atoms with Crippen LogP contribution in [-0.2, 0) is 14.8 Å². The lowest BCUT2D eigenvalue weighted by Crippen LogP contribution is -2.52. The van der Waals surface area contributed by atoms with Gasteiger partial charge in [-0.25, -0.2) is 22.2 Å². The fraction of sp³-hybridized carbons (Fsp3) is 0.381. The molecule has 3 aromatic rings. The third-order valence-electron chi connectivity index (χ3n) is 5.77. The Morgan fingerprint density at radius 3 is 2.32 bits per heavy atom. The largest absolute Gasteiger partial charge is 0.438 e. The number of sulfonamides is 1. The van der Waals surface area contributed by atoms with Crippen LogP contribution >= 0.6 is 0 Å². The number of halogens is 2. The third-order valence-corrected chi connectivity index (χ3v) is 7.54. The zero-order chi connectivity index (χ0) is 24.8. The number of hydrogen-bond acceptors (Lipinski definition) is 6. The average Bonchev–Trinajstić information content (AvgIpc) is 3.43. The number of carbonyl (C=O) groups excluding carboxylic acids is 2. The molecule has 0 bridgehead atoms. The van der Waals surface area contributed by atoms with Crippen molar-refractivity contribution in [2.24, 2.45) is 11.7 Å². The first kappa shape index (κ1) is 23.8. The number of amides is 2. The SMILES string of the molecule is CC(C)C(C(=O)N1CCN(S(=O)(=O)c2ccc(C(N)=O)o2)CC1)n1cnc2cc(F)c(F)cc21. The number of aromatic nitrogens is 2. The summed E-state index contributed by atoms with van der Waals surface area (Å²) in [5.41, 5.74) is 5.62. The summed E-state index contributed by atoms with van der Waals surface area (Å²) >= 11 is 0. The number of fused-ring (bicyclic) bond motifs is 1. The highest BCUT2D eigenvalue weighted by Crippen LogP contribution is 2.28. The number of nitrogens with zero attached hydrogens (tertiary/aromatic N) is 4. The number of benzene rings is 1. The number of primary amides is 1. The smallest absolute Gasteiger partial charge is 0.284 e. The molecule has 1 aromatic carbocycles. The van der Waals surface area contributed by atoms with Crippen LogP contribution in [0.15, 0.2) is 40.1 Å². The first-order valence-electron chi connectivity index (χ1n) is 10.5. The van der Waals surface area contributed by atoms with Crippen molar-refractivity contribution in [3.63, 3.8) is 0 Å². The van der Waals surface area contributed by atoms with Gasteiger partial charge in [-0.15, -0.1) is 0 Å². The lowest BCUT2D eigenvalue weighted by atomic mass is 10.0. The lowest BCUT2D eigenvalue weighted by molar-refractivity contribution is -0.137. The summed E-state index contributed by atoms with van der Waals surface area (Å²) in [7, 11) is -4.01. The van der Waals surface area contributed by atoms with Crippen molar-refractivity contribution in [3.05, 3.63) is 48.0 Å². The second-order valence-electron chi connectivity index (χ2n) is 8.31. The van der Waals surface area contributed by atoms with E-state index in [1.54, 1.807) is 0 Å². The highest BCUT2D eigenvalue weighted by atomic mass is 32.2. The van der Waals surface area contributed by atoms with Gasteiger partial charge >= 0.3 is 0 Å². The molecule has 1 aliphatic heterocycles. The molecule has 1 fully saturated rings. The van der Waals surface area contributed by atoms with E-state index in [0.29, 0.717) is 0 Å². The van der Waals surface area contributed by atoms with E-state index in [4.69, 9.17) is 10.2 Å². The van der Waals surface area contributed by atoms with E-state index in [0.717, 1.165) is 22.5 Å². The number of nitrogens with two attached hydrogens (primary N) is 1. The van der Waals surface area contributed by atoms with Gasteiger partial charge in [0.2, 0.25) is 11.0 Å². The Morgan fingerprint density at radius 2 is 1.74 bits per heavy atom. The zero-order valence-electron chi connectivity index (χ0n) is 18.4. The molecule has 4 rings (SSSR count). The fourth-order valence-corrected chi connectivity index (χ4v) is 5.36. The van der Waals surface area contributed by atoms with Crippen molar-refractivity contribution in [1.82, 2.24) is 18.8 Å².